The molecule has 2 unspecified atom stereocenters. The lowest BCUT2D eigenvalue weighted by atomic mass is 10.3. The summed E-state index contributed by atoms with van der Waals surface area (Å²) < 4.78 is 5.23. The highest BCUT2D eigenvalue weighted by Crippen LogP contribution is 2.39. The van der Waals surface area contributed by atoms with Gasteiger partial charge in [0, 0.05) is 13.6 Å². The van der Waals surface area contributed by atoms with Crippen LogP contribution in [-0.2, 0) is 0 Å². The predicted octanol–water partition coefficient (Wildman–Crippen LogP) is 1.16. The maximum atomic E-state index is 5.74. The highest BCUT2D eigenvalue weighted by molar-refractivity contribution is 5.62. The molecule has 0 aliphatic heterocycles. The zero-order valence-corrected chi connectivity index (χ0v) is 9.97. The average molecular weight is 222 g/mol. The first kappa shape index (κ1) is 11.0. The fraction of sp³-hybridized carbons (Fsp3) is 0.636. The number of nitrogen functional groups attached to an aromatic ring is 1. The van der Waals surface area contributed by atoms with Crippen LogP contribution in [0.3, 0.4) is 0 Å². The molecule has 1 aromatic rings. The second kappa shape index (κ2) is 4.15. The van der Waals surface area contributed by atoms with Crippen molar-refractivity contribution in [1.29, 1.82) is 0 Å². The van der Waals surface area contributed by atoms with Crippen LogP contribution in [0, 0.1) is 11.8 Å². The molecule has 0 spiro atoms. The Balaban J connectivity index is 2.15. The molecule has 1 aromatic heterocycles. The first-order valence-electron chi connectivity index (χ1n) is 5.49. The standard InChI is InChI=1S/C11H18N4O/c1-7-4-8(7)5-15(2)11-9(16-3)10(12)13-6-14-11/h6-8H,4-5H2,1-3H3,(H2,12,13,14). The summed E-state index contributed by atoms with van der Waals surface area (Å²) in [5.41, 5.74) is 5.74. The normalized spacial score (nSPS) is 22.9. The van der Waals surface area contributed by atoms with E-state index in [0.717, 1.165) is 24.2 Å². The molecule has 0 bridgehead atoms. The van der Waals surface area contributed by atoms with Gasteiger partial charge in [-0.3, -0.25) is 0 Å². The van der Waals surface area contributed by atoms with E-state index in [0.29, 0.717) is 11.6 Å². The molecule has 1 aliphatic rings. The van der Waals surface area contributed by atoms with Gasteiger partial charge in [0.15, 0.2) is 11.6 Å². The monoisotopic (exact) mass is 222 g/mol. The van der Waals surface area contributed by atoms with Crippen molar-refractivity contribution in [3.05, 3.63) is 6.33 Å². The first-order chi connectivity index (χ1) is 7.63. The fourth-order valence-corrected chi connectivity index (χ4v) is 1.94. The van der Waals surface area contributed by atoms with E-state index in [9.17, 15) is 0 Å². The molecule has 5 nitrogen and oxygen atoms in total. The number of nitrogens with zero attached hydrogens (tertiary/aromatic N) is 3. The maximum absolute atomic E-state index is 5.74. The maximum Gasteiger partial charge on any atom is 0.204 e. The topological polar surface area (TPSA) is 64.3 Å². The highest BCUT2D eigenvalue weighted by atomic mass is 16.5. The molecule has 0 radical (unpaired) electrons. The number of nitrogens with two attached hydrogens (primary N) is 1. The molecule has 0 saturated heterocycles. The average Bonchev–Trinajstić information content (AvgIpc) is 2.93. The first-order valence-corrected chi connectivity index (χ1v) is 5.49. The summed E-state index contributed by atoms with van der Waals surface area (Å²) in [5.74, 6) is 3.33. The summed E-state index contributed by atoms with van der Waals surface area (Å²) in [5, 5.41) is 0. The van der Waals surface area contributed by atoms with Crippen LogP contribution >= 0.6 is 0 Å². The van der Waals surface area contributed by atoms with Gasteiger partial charge in [0.1, 0.15) is 6.33 Å². The Kier molecular flexibility index (Phi) is 2.85. The number of anilines is 2. The van der Waals surface area contributed by atoms with E-state index >= 15 is 0 Å². The summed E-state index contributed by atoms with van der Waals surface area (Å²) in [6, 6.07) is 0. The van der Waals surface area contributed by atoms with E-state index < -0.39 is 0 Å². The Labute approximate surface area is 95.6 Å². The van der Waals surface area contributed by atoms with Crippen molar-refractivity contribution >= 4 is 11.6 Å². The number of rotatable bonds is 4. The van der Waals surface area contributed by atoms with Gasteiger partial charge in [0.25, 0.3) is 0 Å². The summed E-state index contributed by atoms with van der Waals surface area (Å²) in [6.45, 7) is 3.26. The van der Waals surface area contributed by atoms with Crippen LogP contribution in [0.4, 0.5) is 11.6 Å². The van der Waals surface area contributed by atoms with Gasteiger partial charge in [0.05, 0.1) is 7.11 Å². The molecule has 1 heterocycles. The lowest BCUT2D eigenvalue weighted by Crippen LogP contribution is -2.22. The number of aromatic nitrogens is 2. The van der Waals surface area contributed by atoms with E-state index in [1.54, 1.807) is 7.11 Å². The fourth-order valence-electron chi connectivity index (χ4n) is 1.94. The lowest BCUT2D eigenvalue weighted by molar-refractivity contribution is 0.413. The van der Waals surface area contributed by atoms with Crippen molar-refractivity contribution in [2.24, 2.45) is 11.8 Å². The minimum atomic E-state index is 0.392. The minimum absolute atomic E-state index is 0.392. The van der Waals surface area contributed by atoms with E-state index in [1.165, 1.54) is 12.7 Å². The summed E-state index contributed by atoms with van der Waals surface area (Å²) >= 11 is 0. The molecule has 1 saturated carbocycles. The third kappa shape index (κ3) is 2.03. The molecule has 5 heteroatoms. The van der Waals surface area contributed by atoms with Gasteiger partial charge in [-0.25, -0.2) is 9.97 Å². The lowest BCUT2D eigenvalue weighted by Gasteiger charge is -2.20. The van der Waals surface area contributed by atoms with Gasteiger partial charge in [0.2, 0.25) is 5.75 Å². The van der Waals surface area contributed by atoms with Crippen LogP contribution in [0.5, 0.6) is 5.75 Å². The molecule has 1 aliphatic carbocycles. The summed E-state index contributed by atoms with van der Waals surface area (Å²) in [6.07, 6.45) is 2.77. The molecule has 1 fully saturated rings. The van der Waals surface area contributed by atoms with Crippen molar-refractivity contribution in [1.82, 2.24) is 9.97 Å². The van der Waals surface area contributed by atoms with Crippen LogP contribution in [-0.4, -0.2) is 30.7 Å². The van der Waals surface area contributed by atoms with Gasteiger partial charge in [-0.2, -0.15) is 0 Å². The Hall–Kier alpha value is -1.52. The van der Waals surface area contributed by atoms with Gasteiger partial charge in [-0.05, 0) is 18.3 Å². The van der Waals surface area contributed by atoms with Crippen molar-refractivity contribution in [2.75, 3.05) is 31.3 Å². The number of hydrogen-bond donors (Lipinski definition) is 1. The summed E-state index contributed by atoms with van der Waals surface area (Å²) in [7, 11) is 3.60. The number of methoxy groups -OCH3 is 1. The minimum Gasteiger partial charge on any atom is -0.490 e. The SMILES string of the molecule is COc1c(N)ncnc1N(C)CC1CC1C. The largest absolute Gasteiger partial charge is 0.490 e. The molecular formula is C11H18N4O. The van der Waals surface area contributed by atoms with Gasteiger partial charge in [-0.1, -0.05) is 6.92 Å². The molecule has 2 atom stereocenters. The molecule has 0 amide bonds. The molecular weight excluding hydrogens is 204 g/mol. The third-order valence-corrected chi connectivity index (χ3v) is 3.16. The van der Waals surface area contributed by atoms with Crippen molar-refractivity contribution in [3.63, 3.8) is 0 Å². The van der Waals surface area contributed by atoms with E-state index in [4.69, 9.17) is 10.5 Å². The van der Waals surface area contributed by atoms with Crippen LogP contribution in [0.25, 0.3) is 0 Å². The highest BCUT2D eigenvalue weighted by Gasteiger charge is 2.34. The van der Waals surface area contributed by atoms with Crippen molar-refractivity contribution in [2.45, 2.75) is 13.3 Å². The van der Waals surface area contributed by atoms with Crippen LogP contribution in [0.2, 0.25) is 0 Å². The zero-order chi connectivity index (χ0) is 11.7. The Morgan fingerprint density at radius 3 is 2.81 bits per heavy atom. The Morgan fingerprint density at radius 1 is 1.56 bits per heavy atom. The summed E-state index contributed by atoms with van der Waals surface area (Å²) in [4.78, 5) is 10.2. The van der Waals surface area contributed by atoms with Gasteiger partial charge < -0.3 is 15.4 Å². The Morgan fingerprint density at radius 2 is 2.25 bits per heavy atom. The molecule has 0 aromatic carbocycles. The second-order valence-corrected chi connectivity index (χ2v) is 4.47. The van der Waals surface area contributed by atoms with Gasteiger partial charge >= 0.3 is 0 Å². The number of hydrogen-bond acceptors (Lipinski definition) is 5. The van der Waals surface area contributed by atoms with E-state index in [2.05, 4.69) is 21.8 Å². The zero-order valence-electron chi connectivity index (χ0n) is 9.97. The second-order valence-electron chi connectivity index (χ2n) is 4.47. The van der Waals surface area contributed by atoms with Crippen LogP contribution in [0.15, 0.2) is 6.33 Å². The van der Waals surface area contributed by atoms with Crippen molar-refractivity contribution < 1.29 is 4.74 Å². The van der Waals surface area contributed by atoms with Crippen molar-refractivity contribution in [3.8, 4) is 5.75 Å². The van der Waals surface area contributed by atoms with E-state index in [1.807, 2.05) is 7.05 Å². The van der Waals surface area contributed by atoms with Crippen LogP contribution < -0.4 is 15.4 Å². The van der Waals surface area contributed by atoms with Gasteiger partial charge in [-0.15, -0.1) is 0 Å². The molecule has 16 heavy (non-hydrogen) atoms. The molecule has 88 valence electrons. The molecule has 2 N–H and O–H groups in total. The smallest absolute Gasteiger partial charge is 0.204 e. The Bertz CT molecular complexity index is 382. The van der Waals surface area contributed by atoms with Crippen LogP contribution in [0.1, 0.15) is 13.3 Å². The van der Waals surface area contributed by atoms with E-state index in [-0.39, 0.29) is 0 Å². The predicted molar refractivity (Wildman–Crippen MR) is 63.5 cm³/mol. The third-order valence-electron chi connectivity index (χ3n) is 3.16. The quantitative estimate of drug-likeness (QED) is 0.828. The molecule has 2 rings (SSSR count). The number of ether oxygens (including phenoxy) is 1.